The highest BCUT2D eigenvalue weighted by molar-refractivity contribution is 7.98. The van der Waals surface area contributed by atoms with E-state index >= 15 is 0 Å². The summed E-state index contributed by atoms with van der Waals surface area (Å²) >= 11 is 1.41. The summed E-state index contributed by atoms with van der Waals surface area (Å²) in [5.74, 6) is 2.10. The lowest BCUT2D eigenvalue weighted by molar-refractivity contribution is 0.300. The van der Waals surface area contributed by atoms with Crippen LogP contribution in [0.1, 0.15) is 13.3 Å². The monoisotopic (exact) mass is 291 g/mol. The van der Waals surface area contributed by atoms with Crippen molar-refractivity contribution in [3.63, 3.8) is 0 Å². The molecule has 0 fully saturated rings. The van der Waals surface area contributed by atoms with Crippen molar-refractivity contribution in [1.82, 2.24) is 9.97 Å². The Labute approximate surface area is 122 Å². The van der Waals surface area contributed by atoms with Crippen LogP contribution in [0.4, 0.5) is 5.82 Å². The lowest BCUT2D eigenvalue weighted by atomic mass is 10.3. The first-order chi connectivity index (χ1) is 9.72. The lowest BCUT2D eigenvalue weighted by Gasteiger charge is -2.11. The molecule has 0 bridgehead atoms. The third kappa shape index (κ3) is 3.77. The summed E-state index contributed by atoms with van der Waals surface area (Å²) in [6.07, 6.45) is 2.82. The fraction of sp³-hybridized carbons (Fsp3) is 0.286. The van der Waals surface area contributed by atoms with Crippen molar-refractivity contribution < 1.29 is 9.47 Å². The zero-order valence-corrected chi connectivity index (χ0v) is 12.3. The van der Waals surface area contributed by atoms with Crippen LogP contribution in [0.3, 0.4) is 0 Å². The summed E-state index contributed by atoms with van der Waals surface area (Å²) in [7, 11) is 0. The van der Waals surface area contributed by atoms with Crippen molar-refractivity contribution in [2.24, 2.45) is 0 Å². The maximum Gasteiger partial charge on any atom is 0.225 e. The van der Waals surface area contributed by atoms with Crippen molar-refractivity contribution in [3.05, 3.63) is 30.3 Å². The Bertz CT molecular complexity index is 578. The zero-order chi connectivity index (χ0) is 14.4. The Kier molecular flexibility index (Phi) is 5.06. The summed E-state index contributed by atoms with van der Waals surface area (Å²) in [5.41, 5.74) is 5.73. The van der Waals surface area contributed by atoms with Crippen LogP contribution in [0.2, 0.25) is 0 Å². The van der Waals surface area contributed by atoms with E-state index in [1.807, 2.05) is 30.5 Å². The molecule has 0 aliphatic carbocycles. The topological polar surface area (TPSA) is 70.3 Å². The van der Waals surface area contributed by atoms with Gasteiger partial charge in [-0.25, -0.2) is 4.98 Å². The van der Waals surface area contributed by atoms with E-state index in [0.717, 1.165) is 6.42 Å². The molecule has 6 heteroatoms. The van der Waals surface area contributed by atoms with Gasteiger partial charge in [-0.3, -0.25) is 0 Å². The average molecular weight is 291 g/mol. The molecule has 0 saturated heterocycles. The molecule has 2 N–H and O–H groups in total. The molecule has 0 amide bonds. The number of nitrogens with zero attached hydrogens (tertiary/aromatic N) is 2. The van der Waals surface area contributed by atoms with Gasteiger partial charge in [-0.1, -0.05) is 30.8 Å². The number of rotatable bonds is 6. The Hall–Kier alpha value is -1.95. The maximum absolute atomic E-state index is 5.76. The van der Waals surface area contributed by atoms with Crippen LogP contribution in [0, 0.1) is 0 Å². The van der Waals surface area contributed by atoms with Crippen LogP contribution in [0.25, 0.3) is 0 Å². The van der Waals surface area contributed by atoms with Gasteiger partial charge in [-0.15, -0.1) is 0 Å². The summed E-state index contributed by atoms with van der Waals surface area (Å²) in [6, 6.07) is 9.08. The molecular formula is C14H17N3O2S. The normalized spacial score (nSPS) is 10.3. The van der Waals surface area contributed by atoms with E-state index in [1.165, 1.54) is 11.8 Å². The van der Waals surface area contributed by atoms with Gasteiger partial charge in [-0.2, -0.15) is 4.98 Å². The fourth-order valence-corrected chi connectivity index (χ4v) is 1.92. The molecule has 1 aromatic heterocycles. The molecule has 1 heterocycles. The van der Waals surface area contributed by atoms with Crippen molar-refractivity contribution in [3.8, 4) is 17.4 Å². The number of hydrogen-bond acceptors (Lipinski definition) is 6. The quantitative estimate of drug-likeness (QED) is 0.650. The molecule has 0 radical (unpaired) electrons. The van der Waals surface area contributed by atoms with E-state index in [4.69, 9.17) is 15.2 Å². The van der Waals surface area contributed by atoms with Crippen LogP contribution in [-0.2, 0) is 0 Å². The van der Waals surface area contributed by atoms with Gasteiger partial charge in [0.15, 0.2) is 16.7 Å². The summed E-state index contributed by atoms with van der Waals surface area (Å²) < 4.78 is 11.4. The van der Waals surface area contributed by atoms with Crippen molar-refractivity contribution >= 4 is 17.6 Å². The van der Waals surface area contributed by atoms with E-state index in [2.05, 4.69) is 16.9 Å². The van der Waals surface area contributed by atoms with Crippen LogP contribution >= 0.6 is 11.8 Å². The van der Waals surface area contributed by atoms with Gasteiger partial charge in [0.05, 0.1) is 6.61 Å². The number of benzene rings is 1. The van der Waals surface area contributed by atoms with Crippen LogP contribution in [0.15, 0.2) is 35.5 Å². The minimum Gasteiger partial charge on any atom is -0.490 e. The number of thioether (sulfide) groups is 1. The zero-order valence-electron chi connectivity index (χ0n) is 11.5. The Morgan fingerprint density at radius 2 is 1.95 bits per heavy atom. The maximum atomic E-state index is 5.76. The van der Waals surface area contributed by atoms with Crippen molar-refractivity contribution in [1.29, 1.82) is 0 Å². The van der Waals surface area contributed by atoms with Crippen molar-refractivity contribution in [2.75, 3.05) is 18.6 Å². The molecule has 5 nitrogen and oxygen atoms in total. The number of nitrogen functional groups attached to an aromatic ring is 1. The van der Waals surface area contributed by atoms with Gasteiger partial charge in [0.2, 0.25) is 5.88 Å². The Morgan fingerprint density at radius 3 is 2.65 bits per heavy atom. The van der Waals surface area contributed by atoms with E-state index < -0.39 is 0 Å². The minimum atomic E-state index is 0.381. The predicted octanol–water partition coefficient (Wildman–Crippen LogP) is 3.36. The van der Waals surface area contributed by atoms with E-state index in [1.54, 1.807) is 6.07 Å². The number of nitrogens with two attached hydrogens (primary N) is 1. The highest BCUT2D eigenvalue weighted by Crippen LogP contribution is 2.31. The number of hydrogen-bond donors (Lipinski definition) is 1. The first kappa shape index (κ1) is 14.5. The molecule has 0 unspecified atom stereocenters. The highest BCUT2D eigenvalue weighted by Gasteiger charge is 2.08. The third-order valence-corrected chi connectivity index (χ3v) is 2.96. The van der Waals surface area contributed by atoms with Gasteiger partial charge >= 0.3 is 0 Å². The fourth-order valence-electron chi connectivity index (χ4n) is 1.54. The van der Waals surface area contributed by atoms with Gasteiger partial charge in [0.1, 0.15) is 5.82 Å². The molecular weight excluding hydrogens is 274 g/mol. The van der Waals surface area contributed by atoms with Gasteiger partial charge in [-0.05, 0) is 24.8 Å². The SMILES string of the molecule is CCCOc1ccccc1Oc1cc(N)nc(SC)n1. The number of ether oxygens (including phenoxy) is 2. The highest BCUT2D eigenvalue weighted by atomic mass is 32.2. The van der Waals surface area contributed by atoms with Gasteiger partial charge < -0.3 is 15.2 Å². The lowest BCUT2D eigenvalue weighted by Crippen LogP contribution is -2.00. The third-order valence-electron chi connectivity index (χ3n) is 2.41. The van der Waals surface area contributed by atoms with E-state index in [-0.39, 0.29) is 0 Å². The molecule has 2 rings (SSSR count). The van der Waals surface area contributed by atoms with Crippen molar-refractivity contribution in [2.45, 2.75) is 18.5 Å². The Morgan fingerprint density at radius 1 is 1.20 bits per heavy atom. The first-order valence-electron chi connectivity index (χ1n) is 6.31. The molecule has 1 aromatic carbocycles. The van der Waals surface area contributed by atoms with Crippen LogP contribution in [0.5, 0.6) is 17.4 Å². The number of aromatic nitrogens is 2. The second-order valence-corrected chi connectivity index (χ2v) is 4.79. The molecule has 2 aromatic rings. The Balaban J connectivity index is 2.23. The van der Waals surface area contributed by atoms with Gasteiger partial charge in [0, 0.05) is 6.07 Å². The molecule has 0 saturated carbocycles. The minimum absolute atomic E-state index is 0.381. The molecule has 20 heavy (non-hydrogen) atoms. The summed E-state index contributed by atoms with van der Waals surface area (Å²) in [4.78, 5) is 8.35. The number of anilines is 1. The molecule has 0 aliphatic heterocycles. The number of para-hydroxylation sites is 2. The summed E-state index contributed by atoms with van der Waals surface area (Å²) in [5, 5.41) is 0.576. The van der Waals surface area contributed by atoms with E-state index in [9.17, 15) is 0 Å². The molecule has 0 aliphatic rings. The standard InChI is InChI=1S/C14H17N3O2S/c1-3-8-18-10-6-4-5-7-11(10)19-13-9-12(15)16-14(17-13)20-2/h4-7,9H,3,8H2,1-2H3,(H2,15,16,17). The predicted molar refractivity (Wildman–Crippen MR) is 80.5 cm³/mol. The first-order valence-corrected chi connectivity index (χ1v) is 7.53. The van der Waals surface area contributed by atoms with E-state index in [0.29, 0.717) is 35.0 Å². The summed E-state index contributed by atoms with van der Waals surface area (Å²) in [6.45, 7) is 2.70. The molecule has 0 spiro atoms. The smallest absolute Gasteiger partial charge is 0.225 e. The second kappa shape index (κ2) is 7.00. The van der Waals surface area contributed by atoms with Gasteiger partial charge in [0.25, 0.3) is 0 Å². The largest absolute Gasteiger partial charge is 0.490 e. The van der Waals surface area contributed by atoms with Crippen LogP contribution < -0.4 is 15.2 Å². The molecule has 106 valence electrons. The average Bonchev–Trinajstić information content (AvgIpc) is 2.45. The second-order valence-electron chi connectivity index (χ2n) is 4.02. The van der Waals surface area contributed by atoms with Crippen LogP contribution in [-0.4, -0.2) is 22.8 Å². The molecule has 0 atom stereocenters.